The number of nitrogens with one attached hydrogen (secondary N) is 2. The van der Waals surface area contributed by atoms with Gasteiger partial charge in [-0.25, -0.2) is 4.99 Å². The van der Waals surface area contributed by atoms with Crippen molar-refractivity contribution in [3.8, 4) is 0 Å². The number of aryl methyl sites for hydroxylation is 1. The molecule has 0 aromatic carbocycles. The number of unbranched alkanes of at least 4 members (excludes halogenated alkanes) is 1. The van der Waals surface area contributed by atoms with E-state index in [4.69, 9.17) is 0 Å². The lowest BCUT2D eigenvalue weighted by Crippen LogP contribution is -2.47. The fourth-order valence-electron chi connectivity index (χ4n) is 1.62. The summed E-state index contributed by atoms with van der Waals surface area (Å²) in [5, 5.41) is 14.9. The molecule has 0 aliphatic rings. The van der Waals surface area contributed by atoms with Gasteiger partial charge in [0.15, 0.2) is 11.8 Å². The highest BCUT2D eigenvalue weighted by Crippen LogP contribution is 2.01. The van der Waals surface area contributed by atoms with Gasteiger partial charge in [-0.2, -0.15) is 0 Å². The Morgan fingerprint density at radius 1 is 1.30 bits per heavy atom. The van der Waals surface area contributed by atoms with E-state index in [9.17, 15) is 0 Å². The van der Waals surface area contributed by atoms with E-state index in [1.165, 1.54) is 0 Å². The first kappa shape index (κ1) is 16.5. The number of hydrogen-bond donors (Lipinski definition) is 2. The maximum Gasteiger partial charge on any atom is 0.192 e. The molecule has 1 rings (SSSR count). The number of nitrogens with zero attached hydrogens (tertiary/aromatic N) is 4. The second-order valence-corrected chi connectivity index (χ2v) is 6.04. The predicted octanol–water partition coefficient (Wildman–Crippen LogP) is 1.76. The summed E-state index contributed by atoms with van der Waals surface area (Å²) in [7, 11) is 1.96. The van der Waals surface area contributed by atoms with Gasteiger partial charge >= 0.3 is 0 Å². The van der Waals surface area contributed by atoms with Crippen LogP contribution in [-0.4, -0.2) is 32.8 Å². The fraction of sp³-hybridized carbons (Fsp3) is 0.786. The minimum absolute atomic E-state index is 0.0200. The highest BCUT2D eigenvalue weighted by molar-refractivity contribution is 5.80. The van der Waals surface area contributed by atoms with Crippen molar-refractivity contribution in [1.29, 1.82) is 0 Å². The second kappa shape index (κ2) is 7.26. The highest BCUT2D eigenvalue weighted by atomic mass is 15.3. The van der Waals surface area contributed by atoms with Crippen molar-refractivity contribution in [2.24, 2.45) is 12.0 Å². The molecule has 0 aliphatic heterocycles. The van der Waals surface area contributed by atoms with E-state index in [0.717, 1.165) is 37.0 Å². The van der Waals surface area contributed by atoms with Crippen LogP contribution >= 0.6 is 0 Å². The third kappa shape index (κ3) is 5.59. The maximum absolute atomic E-state index is 4.60. The van der Waals surface area contributed by atoms with Crippen molar-refractivity contribution in [1.82, 2.24) is 25.4 Å². The molecule has 20 heavy (non-hydrogen) atoms. The van der Waals surface area contributed by atoms with Gasteiger partial charge in [0, 0.05) is 19.1 Å². The summed E-state index contributed by atoms with van der Waals surface area (Å²) in [5.41, 5.74) is -0.0200. The first-order valence-electron chi connectivity index (χ1n) is 7.25. The van der Waals surface area contributed by atoms with Gasteiger partial charge in [-0.3, -0.25) is 0 Å². The van der Waals surface area contributed by atoms with E-state index in [1.54, 1.807) is 0 Å². The second-order valence-electron chi connectivity index (χ2n) is 6.04. The third-order valence-electron chi connectivity index (χ3n) is 2.88. The van der Waals surface area contributed by atoms with Crippen molar-refractivity contribution in [3.63, 3.8) is 0 Å². The number of hydrogen-bond acceptors (Lipinski definition) is 3. The smallest absolute Gasteiger partial charge is 0.192 e. The van der Waals surface area contributed by atoms with Crippen LogP contribution < -0.4 is 10.6 Å². The van der Waals surface area contributed by atoms with Crippen molar-refractivity contribution in [2.75, 3.05) is 6.54 Å². The van der Waals surface area contributed by atoms with Gasteiger partial charge in [0.25, 0.3) is 0 Å². The molecular formula is C14H28N6. The summed E-state index contributed by atoms with van der Waals surface area (Å²) in [4.78, 5) is 4.60. The average Bonchev–Trinajstić information content (AvgIpc) is 2.65. The van der Waals surface area contributed by atoms with E-state index in [-0.39, 0.29) is 5.54 Å². The molecule has 0 aliphatic carbocycles. The zero-order valence-electron chi connectivity index (χ0n) is 13.6. The molecule has 6 nitrogen and oxygen atoms in total. The van der Waals surface area contributed by atoms with Crippen molar-refractivity contribution >= 4 is 5.96 Å². The Morgan fingerprint density at radius 3 is 2.50 bits per heavy atom. The molecule has 1 heterocycles. The van der Waals surface area contributed by atoms with Crippen LogP contribution in [0.4, 0.5) is 0 Å². The molecule has 114 valence electrons. The number of aliphatic imine (C=N–C) groups is 1. The van der Waals surface area contributed by atoms with Crippen molar-refractivity contribution in [3.05, 3.63) is 11.6 Å². The Hall–Kier alpha value is -1.59. The van der Waals surface area contributed by atoms with Gasteiger partial charge in [-0.05, 0) is 34.1 Å². The minimum Gasteiger partial charge on any atom is -0.356 e. The number of aromatic nitrogens is 3. The van der Waals surface area contributed by atoms with Gasteiger partial charge in [0.1, 0.15) is 12.4 Å². The van der Waals surface area contributed by atoms with E-state index in [2.05, 4.69) is 53.5 Å². The summed E-state index contributed by atoms with van der Waals surface area (Å²) in [6.07, 6.45) is 2.30. The lowest BCUT2D eigenvalue weighted by Gasteiger charge is -2.24. The Bertz CT molecular complexity index is 441. The first-order valence-corrected chi connectivity index (χ1v) is 7.25. The Balaban J connectivity index is 2.70. The molecule has 0 fully saturated rings. The van der Waals surface area contributed by atoms with Crippen LogP contribution in [-0.2, 0) is 13.6 Å². The SMILES string of the molecule is CCCCNC(=NCc1nnc(C)n1C)NC(C)(C)C. The van der Waals surface area contributed by atoms with Gasteiger partial charge in [-0.15, -0.1) is 10.2 Å². The zero-order valence-corrected chi connectivity index (χ0v) is 13.6. The largest absolute Gasteiger partial charge is 0.356 e. The lowest BCUT2D eigenvalue weighted by atomic mass is 10.1. The van der Waals surface area contributed by atoms with Crippen LogP contribution in [0.1, 0.15) is 52.2 Å². The van der Waals surface area contributed by atoms with Gasteiger partial charge in [0.05, 0.1) is 0 Å². The Kier molecular flexibility index (Phi) is 5.98. The molecule has 0 bridgehead atoms. The summed E-state index contributed by atoms with van der Waals surface area (Å²) >= 11 is 0. The highest BCUT2D eigenvalue weighted by Gasteiger charge is 2.12. The van der Waals surface area contributed by atoms with Crippen LogP contribution in [0.3, 0.4) is 0 Å². The van der Waals surface area contributed by atoms with Crippen LogP contribution in [0.5, 0.6) is 0 Å². The zero-order chi connectivity index (χ0) is 15.2. The normalized spacial score (nSPS) is 12.6. The molecule has 0 saturated carbocycles. The molecular weight excluding hydrogens is 252 g/mol. The van der Waals surface area contributed by atoms with Crippen LogP contribution in [0.2, 0.25) is 0 Å². The van der Waals surface area contributed by atoms with Crippen molar-refractivity contribution < 1.29 is 0 Å². The Labute approximate surface area is 122 Å². The monoisotopic (exact) mass is 280 g/mol. The molecule has 0 amide bonds. The standard InChI is InChI=1S/C14H28N6/c1-7-8-9-15-13(17-14(3,4)5)16-10-12-19-18-11(2)20(12)6/h7-10H2,1-6H3,(H2,15,16,17). The molecule has 0 atom stereocenters. The lowest BCUT2D eigenvalue weighted by molar-refractivity contribution is 0.499. The van der Waals surface area contributed by atoms with Crippen molar-refractivity contribution in [2.45, 2.75) is 59.5 Å². The minimum atomic E-state index is -0.0200. The summed E-state index contributed by atoms with van der Waals surface area (Å²) in [6, 6.07) is 0. The third-order valence-corrected chi connectivity index (χ3v) is 2.88. The number of guanidine groups is 1. The quantitative estimate of drug-likeness (QED) is 0.490. The fourth-order valence-corrected chi connectivity index (χ4v) is 1.62. The van der Waals surface area contributed by atoms with E-state index < -0.39 is 0 Å². The topological polar surface area (TPSA) is 67.1 Å². The molecule has 2 N–H and O–H groups in total. The van der Waals surface area contributed by atoms with Gasteiger partial charge in [-0.1, -0.05) is 13.3 Å². The maximum atomic E-state index is 4.60. The van der Waals surface area contributed by atoms with E-state index in [0.29, 0.717) is 6.54 Å². The van der Waals surface area contributed by atoms with E-state index >= 15 is 0 Å². The van der Waals surface area contributed by atoms with Crippen LogP contribution in [0.15, 0.2) is 4.99 Å². The molecule has 6 heteroatoms. The number of rotatable bonds is 5. The molecule has 0 radical (unpaired) electrons. The van der Waals surface area contributed by atoms with Gasteiger partial charge in [0.2, 0.25) is 0 Å². The average molecular weight is 280 g/mol. The van der Waals surface area contributed by atoms with Gasteiger partial charge < -0.3 is 15.2 Å². The summed E-state index contributed by atoms with van der Waals surface area (Å²) < 4.78 is 1.96. The van der Waals surface area contributed by atoms with Crippen LogP contribution in [0.25, 0.3) is 0 Å². The molecule has 0 unspecified atom stereocenters. The molecule has 1 aromatic heterocycles. The molecule has 0 spiro atoms. The van der Waals surface area contributed by atoms with Crippen LogP contribution in [0, 0.1) is 6.92 Å². The molecule has 0 saturated heterocycles. The van der Waals surface area contributed by atoms with E-state index in [1.807, 2.05) is 18.5 Å². The molecule has 1 aromatic rings. The predicted molar refractivity (Wildman–Crippen MR) is 82.7 cm³/mol. The first-order chi connectivity index (χ1) is 9.33. The Morgan fingerprint density at radius 2 is 2.00 bits per heavy atom. The summed E-state index contributed by atoms with van der Waals surface area (Å²) in [5.74, 6) is 2.60. The summed E-state index contributed by atoms with van der Waals surface area (Å²) in [6.45, 7) is 11.9.